The summed E-state index contributed by atoms with van der Waals surface area (Å²) in [6, 6.07) is 0. The minimum atomic E-state index is -1.45. The van der Waals surface area contributed by atoms with Crippen molar-refractivity contribution in [2.24, 2.45) is 5.41 Å². The molecule has 0 aliphatic heterocycles. The molecule has 0 radical (unpaired) electrons. The highest BCUT2D eigenvalue weighted by Gasteiger charge is 2.45. The van der Waals surface area contributed by atoms with Gasteiger partial charge in [0.05, 0.1) is 14.2 Å². The first-order valence-electron chi connectivity index (χ1n) is 5.17. The fourth-order valence-corrected chi connectivity index (χ4v) is 1.38. The molecule has 0 N–H and O–H groups in total. The Morgan fingerprint density at radius 1 is 1.18 bits per heavy atom. The van der Waals surface area contributed by atoms with Crippen molar-refractivity contribution in [3.63, 3.8) is 0 Å². The monoisotopic (exact) mass is 238 g/mol. The van der Waals surface area contributed by atoms with Crippen LogP contribution in [0.15, 0.2) is 37.0 Å². The number of ether oxygens (including phenoxy) is 2. The highest BCUT2D eigenvalue weighted by atomic mass is 16.5. The molecule has 0 spiro atoms. The Morgan fingerprint density at radius 2 is 1.71 bits per heavy atom. The SMILES string of the molecule is C=CCC(/C=C/C=C\C)(C(=O)OC)C(=O)OC. The Kier molecular flexibility index (Phi) is 6.63. The van der Waals surface area contributed by atoms with Crippen LogP contribution in [0.2, 0.25) is 0 Å². The third-order valence-electron chi connectivity index (χ3n) is 2.25. The zero-order valence-electron chi connectivity index (χ0n) is 10.4. The standard InChI is InChI=1S/C13H18O4/c1-5-7-8-10-13(9-6-2,11(14)16-3)12(15)17-4/h5-8,10H,2,9H2,1,3-4H3/b7-5-,10-8+. The Morgan fingerprint density at radius 3 is 2.06 bits per heavy atom. The fraction of sp³-hybridized carbons (Fsp3) is 0.385. The number of hydrogen-bond acceptors (Lipinski definition) is 4. The average Bonchev–Trinajstić information content (AvgIpc) is 2.35. The van der Waals surface area contributed by atoms with E-state index in [1.807, 2.05) is 6.92 Å². The quantitative estimate of drug-likeness (QED) is 0.307. The number of methoxy groups -OCH3 is 2. The van der Waals surface area contributed by atoms with Gasteiger partial charge >= 0.3 is 11.9 Å². The first-order valence-corrected chi connectivity index (χ1v) is 5.17. The van der Waals surface area contributed by atoms with Crippen molar-refractivity contribution in [2.75, 3.05) is 14.2 Å². The van der Waals surface area contributed by atoms with Crippen LogP contribution < -0.4 is 0 Å². The van der Waals surface area contributed by atoms with Gasteiger partial charge in [0.1, 0.15) is 0 Å². The molecular formula is C13H18O4. The van der Waals surface area contributed by atoms with Gasteiger partial charge < -0.3 is 9.47 Å². The van der Waals surface area contributed by atoms with E-state index in [1.54, 1.807) is 18.2 Å². The van der Waals surface area contributed by atoms with E-state index in [2.05, 4.69) is 16.1 Å². The predicted molar refractivity (Wildman–Crippen MR) is 65.2 cm³/mol. The Labute approximate surface area is 102 Å². The molecule has 0 amide bonds. The van der Waals surface area contributed by atoms with Crippen molar-refractivity contribution in [3.05, 3.63) is 37.0 Å². The van der Waals surface area contributed by atoms with E-state index in [-0.39, 0.29) is 6.42 Å². The summed E-state index contributed by atoms with van der Waals surface area (Å²) in [7, 11) is 2.46. The maximum atomic E-state index is 11.8. The van der Waals surface area contributed by atoms with Gasteiger partial charge in [-0.1, -0.05) is 30.4 Å². The molecule has 0 aliphatic rings. The van der Waals surface area contributed by atoms with Gasteiger partial charge in [-0.3, -0.25) is 9.59 Å². The molecule has 0 fully saturated rings. The molecule has 0 saturated carbocycles. The van der Waals surface area contributed by atoms with Gasteiger partial charge in [0.25, 0.3) is 0 Å². The number of carbonyl (C=O) groups excluding carboxylic acids is 2. The molecule has 0 atom stereocenters. The van der Waals surface area contributed by atoms with Gasteiger partial charge in [-0.25, -0.2) is 0 Å². The number of esters is 2. The number of hydrogen-bond donors (Lipinski definition) is 0. The maximum absolute atomic E-state index is 11.8. The summed E-state index contributed by atoms with van der Waals surface area (Å²) in [5.74, 6) is -1.32. The molecule has 0 unspecified atom stereocenters. The zero-order chi connectivity index (χ0) is 13.3. The molecule has 17 heavy (non-hydrogen) atoms. The van der Waals surface area contributed by atoms with E-state index in [0.717, 1.165) is 0 Å². The summed E-state index contributed by atoms with van der Waals surface area (Å²) in [6.45, 7) is 5.37. The summed E-state index contributed by atoms with van der Waals surface area (Å²) < 4.78 is 9.32. The highest BCUT2D eigenvalue weighted by molar-refractivity contribution is 6.02. The largest absolute Gasteiger partial charge is 0.468 e. The zero-order valence-corrected chi connectivity index (χ0v) is 10.4. The molecule has 0 aromatic carbocycles. The van der Waals surface area contributed by atoms with Gasteiger partial charge in [-0.2, -0.15) is 0 Å². The lowest BCUT2D eigenvalue weighted by molar-refractivity contribution is -0.164. The minimum Gasteiger partial charge on any atom is -0.468 e. The summed E-state index contributed by atoms with van der Waals surface area (Å²) in [4.78, 5) is 23.5. The summed E-state index contributed by atoms with van der Waals surface area (Å²) in [5.41, 5.74) is -1.45. The van der Waals surface area contributed by atoms with Crippen molar-refractivity contribution in [1.29, 1.82) is 0 Å². The normalized spacial score (nSPS) is 11.7. The Balaban J connectivity index is 5.45. The molecule has 0 rings (SSSR count). The van der Waals surface area contributed by atoms with Crippen molar-refractivity contribution in [2.45, 2.75) is 13.3 Å². The maximum Gasteiger partial charge on any atom is 0.327 e. The second kappa shape index (κ2) is 7.44. The second-order valence-corrected chi connectivity index (χ2v) is 3.33. The lowest BCUT2D eigenvalue weighted by atomic mass is 9.84. The van der Waals surface area contributed by atoms with E-state index in [9.17, 15) is 9.59 Å². The molecule has 94 valence electrons. The molecule has 4 nitrogen and oxygen atoms in total. The summed E-state index contributed by atoms with van der Waals surface area (Å²) in [5, 5.41) is 0. The minimum absolute atomic E-state index is 0.125. The van der Waals surface area contributed by atoms with Crippen molar-refractivity contribution < 1.29 is 19.1 Å². The van der Waals surface area contributed by atoms with Crippen LogP contribution in [0.4, 0.5) is 0 Å². The lowest BCUT2D eigenvalue weighted by Gasteiger charge is -2.23. The van der Waals surface area contributed by atoms with Gasteiger partial charge in [0, 0.05) is 0 Å². The van der Waals surface area contributed by atoms with Crippen LogP contribution in [0.25, 0.3) is 0 Å². The molecular weight excluding hydrogens is 220 g/mol. The molecule has 0 saturated heterocycles. The average molecular weight is 238 g/mol. The molecule has 0 aromatic rings. The number of rotatable bonds is 6. The van der Waals surface area contributed by atoms with Crippen LogP contribution in [0.5, 0.6) is 0 Å². The third kappa shape index (κ3) is 3.59. The van der Waals surface area contributed by atoms with Crippen molar-refractivity contribution in [3.8, 4) is 0 Å². The molecule has 0 bridgehead atoms. The van der Waals surface area contributed by atoms with Gasteiger partial charge in [-0.15, -0.1) is 6.58 Å². The van der Waals surface area contributed by atoms with Crippen LogP contribution in [0, 0.1) is 5.41 Å². The van der Waals surface area contributed by atoms with Gasteiger partial charge in [0.15, 0.2) is 5.41 Å². The third-order valence-corrected chi connectivity index (χ3v) is 2.25. The Bertz CT molecular complexity index is 323. The number of allylic oxidation sites excluding steroid dienone is 4. The van der Waals surface area contributed by atoms with E-state index >= 15 is 0 Å². The van der Waals surface area contributed by atoms with E-state index in [0.29, 0.717) is 0 Å². The van der Waals surface area contributed by atoms with Crippen LogP contribution in [0.1, 0.15) is 13.3 Å². The number of carbonyl (C=O) groups is 2. The van der Waals surface area contributed by atoms with Crippen LogP contribution in [0.3, 0.4) is 0 Å². The van der Waals surface area contributed by atoms with Crippen molar-refractivity contribution >= 4 is 11.9 Å². The fourth-order valence-electron chi connectivity index (χ4n) is 1.38. The molecule has 0 heterocycles. The van der Waals surface area contributed by atoms with E-state index < -0.39 is 17.4 Å². The predicted octanol–water partition coefficient (Wildman–Crippen LogP) is 2.03. The second-order valence-electron chi connectivity index (χ2n) is 3.33. The van der Waals surface area contributed by atoms with Gasteiger partial charge in [-0.05, 0) is 13.3 Å². The van der Waals surface area contributed by atoms with E-state index in [1.165, 1.54) is 26.4 Å². The first kappa shape index (κ1) is 15.2. The Hall–Kier alpha value is -1.84. The lowest BCUT2D eigenvalue weighted by Crippen LogP contribution is -2.39. The molecule has 0 aliphatic carbocycles. The summed E-state index contributed by atoms with van der Waals surface area (Å²) in [6.07, 6.45) is 8.17. The smallest absolute Gasteiger partial charge is 0.327 e. The van der Waals surface area contributed by atoms with Crippen LogP contribution in [-0.2, 0) is 19.1 Å². The first-order chi connectivity index (χ1) is 8.08. The summed E-state index contributed by atoms with van der Waals surface area (Å²) >= 11 is 0. The molecule has 4 heteroatoms. The molecule has 0 aromatic heterocycles. The highest BCUT2D eigenvalue weighted by Crippen LogP contribution is 2.28. The van der Waals surface area contributed by atoms with Gasteiger partial charge in [0.2, 0.25) is 0 Å². The van der Waals surface area contributed by atoms with Crippen LogP contribution in [-0.4, -0.2) is 26.2 Å². The topological polar surface area (TPSA) is 52.6 Å². The van der Waals surface area contributed by atoms with Crippen molar-refractivity contribution in [1.82, 2.24) is 0 Å². The van der Waals surface area contributed by atoms with Crippen LogP contribution >= 0.6 is 0 Å². The van der Waals surface area contributed by atoms with E-state index in [4.69, 9.17) is 0 Å².